The van der Waals surface area contributed by atoms with Gasteiger partial charge in [-0.1, -0.05) is 24.3 Å². The van der Waals surface area contributed by atoms with Crippen molar-refractivity contribution in [3.63, 3.8) is 0 Å². The number of ether oxygens (including phenoxy) is 1. The Morgan fingerprint density at radius 2 is 1.68 bits per heavy atom. The van der Waals surface area contributed by atoms with E-state index in [-0.39, 0.29) is 0 Å². The summed E-state index contributed by atoms with van der Waals surface area (Å²) in [5, 5.41) is 0.890. The molecule has 0 aliphatic carbocycles. The summed E-state index contributed by atoms with van der Waals surface area (Å²) in [6.07, 6.45) is 3.50. The molecule has 4 aromatic rings. The summed E-state index contributed by atoms with van der Waals surface area (Å²) in [5.41, 5.74) is 3.05. The molecule has 138 valence electrons. The fourth-order valence-electron chi connectivity index (χ4n) is 3.10. The van der Waals surface area contributed by atoms with Crippen LogP contribution in [0.3, 0.4) is 0 Å². The first kappa shape index (κ1) is 17.5. The Hall–Kier alpha value is -2.57. The molecule has 2 aromatic carbocycles. The van der Waals surface area contributed by atoms with E-state index in [1.165, 1.54) is 17.1 Å². The average molecular weight is 404 g/mol. The van der Waals surface area contributed by atoms with Gasteiger partial charge in [0.15, 0.2) is 5.82 Å². The monoisotopic (exact) mass is 403 g/mol. The molecule has 0 amide bonds. The summed E-state index contributed by atoms with van der Waals surface area (Å²) in [6, 6.07) is 20.1. The van der Waals surface area contributed by atoms with Crippen molar-refractivity contribution in [3.05, 3.63) is 78.6 Å². The van der Waals surface area contributed by atoms with Crippen LogP contribution < -0.4 is 4.74 Å². The SMILES string of the molecule is c1cncc(-c2nc(Oc3ccc(C4SCCS4)cc3)c3ccccc3n2)c1. The minimum atomic E-state index is 0.533. The highest BCUT2D eigenvalue weighted by molar-refractivity contribution is 8.19. The van der Waals surface area contributed by atoms with E-state index in [1.54, 1.807) is 12.4 Å². The molecule has 3 heterocycles. The second kappa shape index (κ2) is 7.81. The predicted octanol–water partition coefficient (Wildman–Crippen LogP) is 5.96. The van der Waals surface area contributed by atoms with Gasteiger partial charge in [0, 0.05) is 29.5 Å². The fourth-order valence-corrected chi connectivity index (χ4v) is 5.96. The van der Waals surface area contributed by atoms with Crippen LogP contribution in [0.5, 0.6) is 11.6 Å². The van der Waals surface area contributed by atoms with Gasteiger partial charge in [-0.2, -0.15) is 4.98 Å². The van der Waals surface area contributed by atoms with Crippen molar-refractivity contribution >= 4 is 34.4 Å². The van der Waals surface area contributed by atoms with Crippen molar-refractivity contribution in [2.75, 3.05) is 11.5 Å². The number of nitrogens with zero attached hydrogens (tertiary/aromatic N) is 3. The molecular formula is C22H17N3OS2. The summed E-state index contributed by atoms with van der Waals surface area (Å²) >= 11 is 4.00. The van der Waals surface area contributed by atoms with E-state index in [1.807, 2.05) is 72.1 Å². The second-order valence-electron chi connectivity index (χ2n) is 6.36. The Balaban J connectivity index is 1.51. The van der Waals surface area contributed by atoms with Crippen molar-refractivity contribution in [1.82, 2.24) is 15.0 Å². The second-order valence-corrected chi connectivity index (χ2v) is 9.08. The van der Waals surface area contributed by atoms with Crippen LogP contribution in [-0.4, -0.2) is 26.5 Å². The fraction of sp³-hybridized carbons (Fsp3) is 0.136. The van der Waals surface area contributed by atoms with Crippen LogP contribution in [0.15, 0.2) is 73.1 Å². The van der Waals surface area contributed by atoms with Gasteiger partial charge in [0.2, 0.25) is 5.88 Å². The molecule has 0 atom stereocenters. The molecule has 5 rings (SSSR count). The third-order valence-corrected chi connectivity index (χ3v) is 7.58. The molecule has 0 spiro atoms. The minimum absolute atomic E-state index is 0.533. The molecule has 28 heavy (non-hydrogen) atoms. The zero-order valence-electron chi connectivity index (χ0n) is 15.0. The molecular weight excluding hydrogens is 386 g/mol. The van der Waals surface area contributed by atoms with Crippen LogP contribution in [0.25, 0.3) is 22.3 Å². The highest BCUT2D eigenvalue weighted by Crippen LogP contribution is 2.45. The number of thioether (sulfide) groups is 2. The summed E-state index contributed by atoms with van der Waals surface area (Å²) in [4.78, 5) is 13.5. The van der Waals surface area contributed by atoms with E-state index in [4.69, 9.17) is 4.74 Å². The molecule has 6 heteroatoms. The number of hydrogen-bond acceptors (Lipinski definition) is 6. The zero-order chi connectivity index (χ0) is 18.8. The van der Waals surface area contributed by atoms with Gasteiger partial charge in [0.25, 0.3) is 0 Å². The van der Waals surface area contributed by atoms with Crippen molar-refractivity contribution < 1.29 is 4.74 Å². The average Bonchev–Trinajstić information content (AvgIpc) is 3.30. The highest BCUT2D eigenvalue weighted by Gasteiger charge is 2.18. The van der Waals surface area contributed by atoms with Crippen molar-refractivity contribution in [1.29, 1.82) is 0 Å². The van der Waals surface area contributed by atoms with Gasteiger partial charge in [-0.15, -0.1) is 23.5 Å². The normalized spacial score (nSPS) is 14.4. The van der Waals surface area contributed by atoms with E-state index in [0.717, 1.165) is 22.2 Å². The largest absolute Gasteiger partial charge is 0.438 e. The molecule has 0 radical (unpaired) electrons. The Morgan fingerprint density at radius 1 is 0.857 bits per heavy atom. The highest BCUT2D eigenvalue weighted by atomic mass is 32.2. The maximum Gasteiger partial charge on any atom is 0.230 e. The number of aromatic nitrogens is 3. The Kier molecular flexibility index (Phi) is 4.89. The molecule has 0 unspecified atom stereocenters. The molecule has 1 aliphatic rings. The van der Waals surface area contributed by atoms with E-state index in [0.29, 0.717) is 16.3 Å². The van der Waals surface area contributed by atoms with E-state index >= 15 is 0 Å². The van der Waals surface area contributed by atoms with Gasteiger partial charge < -0.3 is 4.74 Å². The van der Waals surface area contributed by atoms with Gasteiger partial charge in [-0.3, -0.25) is 4.98 Å². The van der Waals surface area contributed by atoms with E-state index < -0.39 is 0 Å². The molecule has 0 saturated carbocycles. The zero-order valence-corrected chi connectivity index (χ0v) is 16.6. The van der Waals surface area contributed by atoms with Crippen molar-refractivity contribution in [2.45, 2.75) is 4.58 Å². The van der Waals surface area contributed by atoms with Crippen LogP contribution >= 0.6 is 23.5 Å². The Morgan fingerprint density at radius 3 is 2.46 bits per heavy atom. The summed E-state index contributed by atoms with van der Waals surface area (Å²) in [7, 11) is 0. The number of rotatable bonds is 4. The minimum Gasteiger partial charge on any atom is -0.438 e. The van der Waals surface area contributed by atoms with Gasteiger partial charge in [-0.05, 0) is 42.0 Å². The smallest absolute Gasteiger partial charge is 0.230 e. The topological polar surface area (TPSA) is 47.9 Å². The lowest BCUT2D eigenvalue weighted by Gasteiger charge is -2.12. The molecule has 1 aliphatic heterocycles. The molecule has 1 fully saturated rings. The molecule has 1 saturated heterocycles. The molecule has 2 aromatic heterocycles. The summed E-state index contributed by atoms with van der Waals surface area (Å²) < 4.78 is 6.72. The summed E-state index contributed by atoms with van der Waals surface area (Å²) in [6.45, 7) is 0. The Labute approximate surface area is 171 Å². The van der Waals surface area contributed by atoms with Crippen molar-refractivity contribution in [3.8, 4) is 23.0 Å². The predicted molar refractivity (Wildman–Crippen MR) is 117 cm³/mol. The number of benzene rings is 2. The van der Waals surface area contributed by atoms with Gasteiger partial charge >= 0.3 is 0 Å². The number of hydrogen-bond donors (Lipinski definition) is 0. The van der Waals surface area contributed by atoms with Gasteiger partial charge in [-0.25, -0.2) is 4.98 Å². The summed E-state index contributed by atoms with van der Waals surface area (Å²) in [5.74, 6) is 4.38. The molecule has 0 bridgehead atoms. The van der Waals surface area contributed by atoms with Crippen LogP contribution in [0.1, 0.15) is 10.1 Å². The first-order valence-corrected chi connectivity index (χ1v) is 11.1. The Bertz CT molecular complexity index is 1100. The van der Waals surface area contributed by atoms with Gasteiger partial charge in [0.05, 0.1) is 15.5 Å². The maximum absolute atomic E-state index is 6.19. The van der Waals surface area contributed by atoms with Crippen molar-refractivity contribution in [2.24, 2.45) is 0 Å². The quantitative estimate of drug-likeness (QED) is 0.419. The first-order chi connectivity index (χ1) is 13.9. The lowest BCUT2D eigenvalue weighted by Crippen LogP contribution is -1.96. The third-order valence-electron chi connectivity index (χ3n) is 4.48. The molecule has 4 nitrogen and oxygen atoms in total. The first-order valence-electron chi connectivity index (χ1n) is 9.05. The van der Waals surface area contributed by atoms with Crippen LogP contribution in [-0.2, 0) is 0 Å². The third kappa shape index (κ3) is 3.57. The lowest BCUT2D eigenvalue weighted by atomic mass is 10.2. The lowest BCUT2D eigenvalue weighted by molar-refractivity contribution is 0.469. The van der Waals surface area contributed by atoms with Crippen LogP contribution in [0.2, 0.25) is 0 Å². The molecule has 0 N–H and O–H groups in total. The standard InChI is InChI=1S/C22H17N3OS2/c1-2-6-19-18(5-1)21(25-20(24-19)16-4-3-11-23-14-16)26-17-9-7-15(8-10-17)22-27-12-13-28-22/h1-11,14,22H,12-13H2. The number of para-hydroxylation sites is 1. The maximum atomic E-state index is 6.19. The van der Waals surface area contributed by atoms with Crippen LogP contribution in [0, 0.1) is 0 Å². The number of fused-ring (bicyclic) bond motifs is 1. The van der Waals surface area contributed by atoms with E-state index in [2.05, 4.69) is 27.1 Å². The van der Waals surface area contributed by atoms with E-state index in [9.17, 15) is 0 Å². The van der Waals surface area contributed by atoms with Gasteiger partial charge in [0.1, 0.15) is 5.75 Å². The van der Waals surface area contributed by atoms with Crippen LogP contribution in [0.4, 0.5) is 0 Å². The number of pyridine rings is 1.